The summed E-state index contributed by atoms with van der Waals surface area (Å²) in [5.41, 5.74) is -2.24. The van der Waals surface area contributed by atoms with Gasteiger partial charge in [0, 0.05) is 18.1 Å². The number of hydrogen-bond donors (Lipinski definition) is 1. The van der Waals surface area contributed by atoms with E-state index in [0.717, 1.165) is 12.1 Å². The van der Waals surface area contributed by atoms with E-state index < -0.39 is 23.1 Å². The molecule has 2 aromatic carbocycles. The van der Waals surface area contributed by atoms with Gasteiger partial charge in [0.2, 0.25) is 0 Å². The fourth-order valence-electron chi connectivity index (χ4n) is 3.59. The molecule has 27 heavy (non-hydrogen) atoms. The molecule has 1 heterocycles. The average molecular weight is 397 g/mol. The second-order valence-electron chi connectivity index (χ2n) is 6.66. The van der Waals surface area contributed by atoms with E-state index in [1.54, 1.807) is 24.3 Å². The van der Waals surface area contributed by atoms with Crippen molar-refractivity contribution in [2.75, 3.05) is 20.1 Å². The van der Waals surface area contributed by atoms with E-state index in [1.165, 1.54) is 12.1 Å². The van der Waals surface area contributed by atoms with Gasteiger partial charge in [-0.2, -0.15) is 5.26 Å². The third-order valence-electron chi connectivity index (χ3n) is 4.73. The number of aliphatic hydroxyl groups is 1. The zero-order chi connectivity index (χ0) is 19.9. The minimum Gasteiger partial charge on any atom is -0.406 e. The van der Waals surface area contributed by atoms with Gasteiger partial charge >= 0.3 is 6.36 Å². The van der Waals surface area contributed by atoms with Crippen molar-refractivity contribution in [1.29, 1.82) is 5.26 Å². The zero-order valence-corrected chi connectivity index (χ0v) is 15.1. The van der Waals surface area contributed by atoms with Crippen LogP contribution in [0.3, 0.4) is 0 Å². The van der Waals surface area contributed by atoms with Crippen molar-refractivity contribution < 1.29 is 23.0 Å². The Balaban J connectivity index is 2.10. The Morgan fingerprint density at radius 2 is 1.78 bits per heavy atom. The van der Waals surface area contributed by atoms with Gasteiger partial charge in [0.05, 0.1) is 6.07 Å². The number of benzene rings is 2. The predicted octanol–water partition coefficient (Wildman–Crippen LogP) is 3.93. The van der Waals surface area contributed by atoms with Gasteiger partial charge < -0.3 is 14.7 Å². The van der Waals surface area contributed by atoms with Crippen LogP contribution in [-0.2, 0) is 5.60 Å². The van der Waals surface area contributed by atoms with E-state index in [-0.39, 0.29) is 5.56 Å². The summed E-state index contributed by atoms with van der Waals surface area (Å²) in [6.45, 7) is 0.598. The lowest BCUT2D eigenvalue weighted by Gasteiger charge is -2.53. The molecule has 1 aliphatic heterocycles. The standard InChI is InChI=1S/C19H16ClF3N2O2/c1-25-11-17(10-24,12-25)18(26,14-3-2-4-15(20)9-14)13-5-7-16(8-6-13)27-19(21,22)23/h2-9,26H,11-12H2,1H3/t18-/m1/s1. The minimum absolute atomic E-state index is 0.286. The lowest BCUT2D eigenvalue weighted by atomic mass is 9.61. The molecule has 3 rings (SSSR count). The van der Waals surface area contributed by atoms with Crippen LogP contribution >= 0.6 is 11.6 Å². The molecule has 8 heteroatoms. The number of nitrogens with zero attached hydrogens (tertiary/aromatic N) is 2. The van der Waals surface area contributed by atoms with Crippen LogP contribution in [0.15, 0.2) is 48.5 Å². The monoisotopic (exact) mass is 396 g/mol. The summed E-state index contributed by atoms with van der Waals surface area (Å²) >= 11 is 6.07. The van der Waals surface area contributed by atoms with Gasteiger partial charge in [-0.3, -0.25) is 0 Å². The first-order valence-corrected chi connectivity index (χ1v) is 8.42. The number of rotatable bonds is 4. The number of halogens is 4. The Hall–Kier alpha value is -2.27. The van der Waals surface area contributed by atoms with Gasteiger partial charge in [-0.1, -0.05) is 35.9 Å². The molecule has 0 aliphatic carbocycles. The molecule has 0 bridgehead atoms. The summed E-state index contributed by atoms with van der Waals surface area (Å²) < 4.78 is 41.1. The number of likely N-dealkylation sites (tertiary alicyclic amines) is 1. The summed E-state index contributed by atoms with van der Waals surface area (Å²) in [6.07, 6.45) is -4.81. The fraction of sp³-hybridized carbons (Fsp3) is 0.316. The maximum absolute atomic E-state index is 12.4. The molecule has 1 saturated heterocycles. The van der Waals surface area contributed by atoms with Crippen molar-refractivity contribution in [1.82, 2.24) is 4.90 Å². The maximum Gasteiger partial charge on any atom is 0.573 e. The van der Waals surface area contributed by atoms with Crippen molar-refractivity contribution in [2.45, 2.75) is 12.0 Å². The number of alkyl halides is 3. The Morgan fingerprint density at radius 3 is 2.26 bits per heavy atom. The predicted molar refractivity (Wildman–Crippen MR) is 93.1 cm³/mol. The van der Waals surface area contributed by atoms with Crippen molar-refractivity contribution in [3.05, 3.63) is 64.7 Å². The van der Waals surface area contributed by atoms with Crippen LogP contribution in [0, 0.1) is 16.7 Å². The SMILES string of the molecule is CN1CC(C#N)([C@@](O)(c2ccc(OC(F)(F)F)cc2)c2cccc(Cl)c2)C1. The quantitative estimate of drug-likeness (QED) is 0.850. The third kappa shape index (κ3) is 3.48. The lowest BCUT2D eigenvalue weighted by molar-refractivity contribution is -0.274. The molecule has 1 fully saturated rings. The fourth-order valence-corrected chi connectivity index (χ4v) is 3.78. The first kappa shape index (κ1) is 19.5. The van der Waals surface area contributed by atoms with Gasteiger partial charge in [0.15, 0.2) is 0 Å². The van der Waals surface area contributed by atoms with Crippen LogP contribution in [0.4, 0.5) is 13.2 Å². The lowest BCUT2D eigenvalue weighted by Crippen LogP contribution is -2.64. The van der Waals surface area contributed by atoms with Gasteiger partial charge in [0.25, 0.3) is 0 Å². The van der Waals surface area contributed by atoms with Crippen LogP contribution in [0.25, 0.3) is 0 Å². The molecule has 2 aromatic rings. The first-order valence-electron chi connectivity index (χ1n) is 8.04. The van der Waals surface area contributed by atoms with E-state index in [9.17, 15) is 23.5 Å². The van der Waals surface area contributed by atoms with Crippen LogP contribution < -0.4 is 4.74 Å². The molecule has 142 valence electrons. The average Bonchev–Trinajstić information content (AvgIpc) is 2.57. The van der Waals surface area contributed by atoms with E-state index >= 15 is 0 Å². The number of nitriles is 1. The summed E-state index contributed by atoms with van der Waals surface area (Å²) in [5.74, 6) is -0.406. The van der Waals surface area contributed by atoms with Gasteiger partial charge in [-0.25, -0.2) is 0 Å². The van der Waals surface area contributed by atoms with Crippen molar-refractivity contribution in [2.24, 2.45) is 5.41 Å². The molecule has 4 nitrogen and oxygen atoms in total. The molecule has 0 amide bonds. The van der Waals surface area contributed by atoms with Crippen LogP contribution in [0.2, 0.25) is 5.02 Å². The maximum atomic E-state index is 12.4. The van der Waals surface area contributed by atoms with Crippen LogP contribution in [0.1, 0.15) is 11.1 Å². The molecule has 1 N–H and O–H groups in total. The van der Waals surface area contributed by atoms with Crippen molar-refractivity contribution in [3.63, 3.8) is 0 Å². The minimum atomic E-state index is -4.81. The van der Waals surface area contributed by atoms with Gasteiger partial charge in [0.1, 0.15) is 16.8 Å². The summed E-state index contributed by atoms with van der Waals surface area (Å²) in [6, 6.07) is 13.6. The van der Waals surface area contributed by atoms with E-state index in [4.69, 9.17) is 11.6 Å². The summed E-state index contributed by atoms with van der Waals surface area (Å²) in [4.78, 5) is 1.87. The van der Waals surface area contributed by atoms with E-state index in [2.05, 4.69) is 10.8 Å². The number of hydrogen-bond acceptors (Lipinski definition) is 4. The molecule has 0 unspecified atom stereocenters. The Morgan fingerprint density at radius 1 is 1.15 bits per heavy atom. The molecular weight excluding hydrogens is 381 g/mol. The van der Waals surface area contributed by atoms with E-state index in [1.807, 2.05) is 11.9 Å². The molecule has 0 radical (unpaired) electrons. The normalized spacial score (nSPS) is 18.9. The topological polar surface area (TPSA) is 56.5 Å². The highest BCUT2D eigenvalue weighted by Crippen LogP contribution is 2.50. The molecule has 1 atom stereocenters. The van der Waals surface area contributed by atoms with Crippen LogP contribution in [0.5, 0.6) is 5.75 Å². The zero-order valence-electron chi connectivity index (χ0n) is 14.3. The van der Waals surface area contributed by atoms with Crippen molar-refractivity contribution >= 4 is 11.6 Å². The largest absolute Gasteiger partial charge is 0.573 e. The highest BCUT2D eigenvalue weighted by molar-refractivity contribution is 6.30. The first-order chi connectivity index (χ1) is 12.6. The summed E-state index contributed by atoms with van der Waals surface area (Å²) in [5, 5.41) is 21.9. The second kappa shape index (κ2) is 6.71. The highest BCUT2D eigenvalue weighted by Gasteiger charge is 2.59. The molecule has 0 saturated carbocycles. The van der Waals surface area contributed by atoms with Crippen molar-refractivity contribution in [3.8, 4) is 11.8 Å². The molecular formula is C19H16ClF3N2O2. The third-order valence-corrected chi connectivity index (χ3v) is 4.97. The van der Waals surface area contributed by atoms with Crippen LogP contribution in [-0.4, -0.2) is 36.5 Å². The Labute approximate surface area is 159 Å². The Bertz CT molecular complexity index is 874. The molecule has 0 aromatic heterocycles. The molecule has 0 spiro atoms. The Kier molecular flexibility index (Phi) is 4.85. The smallest absolute Gasteiger partial charge is 0.406 e. The highest BCUT2D eigenvalue weighted by atomic mass is 35.5. The van der Waals surface area contributed by atoms with Gasteiger partial charge in [-0.05, 0) is 42.4 Å². The van der Waals surface area contributed by atoms with Gasteiger partial charge in [-0.15, -0.1) is 13.2 Å². The number of ether oxygens (including phenoxy) is 1. The van der Waals surface area contributed by atoms with E-state index in [0.29, 0.717) is 23.7 Å². The second-order valence-corrected chi connectivity index (χ2v) is 7.10. The summed E-state index contributed by atoms with van der Waals surface area (Å²) in [7, 11) is 1.81. The molecule has 1 aliphatic rings.